The van der Waals surface area contributed by atoms with Crippen LogP contribution < -0.4 is 18.9 Å². The summed E-state index contributed by atoms with van der Waals surface area (Å²) >= 11 is 0. The summed E-state index contributed by atoms with van der Waals surface area (Å²) in [6.45, 7) is 17.3. The molecule has 0 spiro atoms. The summed E-state index contributed by atoms with van der Waals surface area (Å²) in [5, 5.41) is 0. The SMILES string of the molecule is CCOC(=O)COCC1COc2ccc(C(C)(C)C)cc2OCCOCCOc2ccc(C(C)(C)C)cc2OC1. The first kappa shape index (κ1) is 31.6. The summed E-state index contributed by atoms with van der Waals surface area (Å²) in [7, 11) is 0. The summed E-state index contributed by atoms with van der Waals surface area (Å²) in [6, 6.07) is 12.0. The minimum absolute atomic E-state index is 0.0436. The first-order valence-electron chi connectivity index (χ1n) is 14.1. The molecule has 0 saturated carbocycles. The zero-order valence-corrected chi connectivity index (χ0v) is 25.2. The number of benzene rings is 2. The van der Waals surface area contributed by atoms with Gasteiger partial charge in [0.05, 0.1) is 45.6 Å². The van der Waals surface area contributed by atoms with E-state index in [2.05, 4.69) is 53.7 Å². The Hall–Kier alpha value is -2.97. The van der Waals surface area contributed by atoms with Gasteiger partial charge in [0.1, 0.15) is 19.8 Å². The van der Waals surface area contributed by atoms with E-state index in [0.717, 1.165) is 11.1 Å². The van der Waals surface area contributed by atoms with Crippen LogP contribution >= 0.6 is 0 Å². The Balaban J connectivity index is 1.85. The fourth-order valence-corrected chi connectivity index (χ4v) is 4.01. The largest absolute Gasteiger partial charge is 0.489 e. The van der Waals surface area contributed by atoms with E-state index in [1.54, 1.807) is 6.92 Å². The maximum Gasteiger partial charge on any atom is 0.332 e. The number of carbonyl (C=O) groups is 1. The second-order valence-corrected chi connectivity index (χ2v) is 11.9. The van der Waals surface area contributed by atoms with Crippen LogP contribution in [0.15, 0.2) is 36.4 Å². The Bertz CT molecular complexity index is 1080. The van der Waals surface area contributed by atoms with Crippen LogP contribution in [-0.2, 0) is 29.8 Å². The summed E-state index contributed by atoms with van der Waals surface area (Å²) in [6.07, 6.45) is 0. The van der Waals surface area contributed by atoms with E-state index in [-0.39, 0.29) is 30.0 Å². The highest BCUT2D eigenvalue weighted by Gasteiger charge is 2.21. The molecule has 0 aromatic heterocycles. The molecule has 8 heteroatoms. The van der Waals surface area contributed by atoms with Gasteiger partial charge >= 0.3 is 5.97 Å². The van der Waals surface area contributed by atoms with E-state index in [1.165, 1.54) is 0 Å². The number of carbonyl (C=O) groups excluding carboxylic acids is 1. The molecule has 1 aliphatic rings. The highest BCUT2D eigenvalue weighted by atomic mass is 16.6. The van der Waals surface area contributed by atoms with Crippen molar-refractivity contribution in [3.63, 3.8) is 0 Å². The molecular formula is C32H46O8. The molecule has 0 bridgehead atoms. The van der Waals surface area contributed by atoms with Crippen LogP contribution in [0.1, 0.15) is 59.6 Å². The maximum atomic E-state index is 11.8. The lowest BCUT2D eigenvalue weighted by Crippen LogP contribution is -2.27. The van der Waals surface area contributed by atoms with Crippen molar-refractivity contribution in [1.29, 1.82) is 0 Å². The molecule has 2 aromatic rings. The van der Waals surface area contributed by atoms with Crippen molar-refractivity contribution < 1.29 is 38.0 Å². The van der Waals surface area contributed by atoms with Gasteiger partial charge in [-0.15, -0.1) is 0 Å². The third-order valence-electron chi connectivity index (χ3n) is 6.42. The molecule has 3 rings (SSSR count). The molecule has 1 heterocycles. The number of hydrogen-bond donors (Lipinski definition) is 0. The van der Waals surface area contributed by atoms with Gasteiger partial charge in [-0.25, -0.2) is 4.79 Å². The van der Waals surface area contributed by atoms with Crippen LogP contribution in [0.5, 0.6) is 23.0 Å². The lowest BCUT2D eigenvalue weighted by Gasteiger charge is -2.24. The van der Waals surface area contributed by atoms with E-state index in [1.807, 2.05) is 24.3 Å². The second kappa shape index (κ2) is 14.6. The normalized spacial score (nSPS) is 17.2. The van der Waals surface area contributed by atoms with Gasteiger partial charge in [0, 0.05) is 0 Å². The summed E-state index contributed by atoms with van der Waals surface area (Å²) < 4.78 is 41.1. The van der Waals surface area contributed by atoms with Gasteiger partial charge < -0.3 is 33.2 Å². The van der Waals surface area contributed by atoms with Gasteiger partial charge in [-0.3, -0.25) is 0 Å². The average molecular weight is 559 g/mol. The van der Waals surface area contributed by atoms with Crippen molar-refractivity contribution in [2.75, 3.05) is 59.5 Å². The first-order valence-corrected chi connectivity index (χ1v) is 14.1. The van der Waals surface area contributed by atoms with Crippen LogP contribution in [0.25, 0.3) is 0 Å². The topological polar surface area (TPSA) is 81.7 Å². The molecule has 8 nitrogen and oxygen atoms in total. The van der Waals surface area contributed by atoms with E-state index in [4.69, 9.17) is 33.2 Å². The van der Waals surface area contributed by atoms with Crippen molar-refractivity contribution in [2.45, 2.75) is 59.3 Å². The number of rotatable bonds is 5. The third kappa shape index (κ3) is 9.89. The number of ether oxygens (including phenoxy) is 7. The van der Waals surface area contributed by atoms with E-state index < -0.39 is 5.97 Å². The zero-order chi connectivity index (χ0) is 29.2. The Kier molecular flexibility index (Phi) is 11.5. The van der Waals surface area contributed by atoms with Crippen LogP contribution in [0.2, 0.25) is 0 Å². The van der Waals surface area contributed by atoms with Crippen LogP contribution in [0, 0.1) is 5.92 Å². The molecule has 1 atom stereocenters. The standard InChI is InChI=1S/C32H46O8/c1-8-36-30(33)22-35-19-23-20-39-27-12-10-24(31(2,3)4)17-28(27)38-16-14-34-13-15-37-26-11-9-25(32(5,6)7)18-29(26)40-21-23/h9-12,17-18,23H,8,13-16,19-22H2,1-7H3. The Morgan fingerprint density at radius 2 is 1.25 bits per heavy atom. The lowest BCUT2D eigenvalue weighted by molar-refractivity contribution is -0.149. The molecule has 222 valence electrons. The number of hydrogen-bond acceptors (Lipinski definition) is 8. The molecule has 0 N–H and O–H groups in total. The number of fused-ring (bicyclic) bond motifs is 2. The third-order valence-corrected chi connectivity index (χ3v) is 6.42. The van der Waals surface area contributed by atoms with E-state index in [0.29, 0.717) is 69.2 Å². The minimum atomic E-state index is -0.401. The van der Waals surface area contributed by atoms with E-state index in [9.17, 15) is 4.79 Å². The molecule has 1 unspecified atom stereocenters. The fourth-order valence-electron chi connectivity index (χ4n) is 4.01. The Labute approximate surface area is 239 Å². The lowest BCUT2D eigenvalue weighted by atomic mass is 9.87. The molecule has 0 fully saturated rings. The molecule has 0 saturated heterocycles. The zero-order valence-electron chi connectivity index (χ0n) is 25.2. The monoisotopic (exact) mass is 558 g/mol. The molecular weight excluding hydrogens is 512 g/mol. The molecule has 40 heavy (non-hydrogen) atoms. The molecule has 0 aliphatic carbocycles. The second-order valence-electron chi connectivity index (χ2n) is 11.9. The molecule has 2 aromatic carbocycles. The van der Waals surface area contributed by atoms with Gasteiger partial charge in [-0.1, -0.05) is 53.7 Å². The van der Waals surface area contributed by atoms with Gasteiger partial charge in [-0.2, -0.15) is 0 Å². The highest BCUT2D eigenvalue weighted by Crippen LogP contribution is 2.35. The van der Waals surface area contributed by atoms with Crippen LogP contribution in [-0.4, -0.2) is 65.4 Å². The summed E-state index contributed by atoms with van der Waals surface area (Å²) in [5.41, 5.74) is 2.17. The smallest absolute Gasteiger partial charge is 0.332 e. The predicted molar refractivity (Wildman–Crippen MR) is 154 cm³/mol. The minimum Gasteiger partial charge on any atom is -0.489 e. The van der Waals surface area contributed by atoms with Gasteiger partial charge in [0.2, 0.25) is 0 Å². The fraction of sp³-hybridized carbons (Fsp3) is 0.594. The van der Waals surface area contributed by atoms with Crippen LogP contribution in [0.3, 0.4) is 0 Å². The van der Waals surface area contributed by atoms with Gasteiger partial charge in [-0.05, 0) is 53.1 Å². The average Bonchev–Trinajstić information content (AvgIpc) is 2.88. The maximum absolute atomic E-state index is 11.8. The van der Waals surface area contributed by atoms with Crippen molar-refractivity contribution in [2.24, 2.45) is 5.92 Å². The van der Waals surface area contributed by atoms with Crippen molar-refractivity contribution in [1.82, 2.24) is 0 Å². The van der Waals surface area contributed by atoms with E-state index >= 15 is 0 Å². The highest BCUT2D eigenvalue weighted by molar-refractivity contribution is 5.70. The van der Waals surface area contributed by atoms with Crippen molar-refractivity contribution in [3.8, 4) is 23.0 Å². The van der Waals surface area contributed by atoms with Gasteiger partial charge in [0.15, 0.2) is 23.0 Å². The Morgan fingerprint density at radius 1 is 0.750 bits per heavy atom. The summed E-state index contributed by atoms with van der Waals surface area (Å²) in [4.78, 5) is 11.8. The predicted octanol–water partition coefficient (Wildman–Crippen LogP) is 5.72. The molecule has 1 aliphatic heterocycles. The number of esters is 1. The molecule has 0 amide bonds. The summed E-state index contributed by atoms with van der Waals surface area (Å²) in [5.74, 6) is 2.00. The quantitative estimate of drug-likeness (QED) is 0.431. The van der Waals surface area contributed by atoms with Crippen molar-refractivity contribution >= 4 is 5.97 Å². The Morgan fingerprint density at radius 3 is 1.80 bits per heavy atom. The van der Waals surface area contributed by atoms with Crippen molar-refractivity contribution in [3.05, 3.63) is 47.5 Å². The van der Waals surface area contributed by atoms with Gasteiger partial charge in [0.25, 0.3) is 0 Å². The van der Waals surface area contributed by atoms with Crippen LogP contribution in [0.4, 0.5) is 0 Å². The molecule has 0 radical (unpaired) electrons. The first-order chi connectivity index (χ1) is 19.0.